The molecule has 0 bridgehead atoms. The molecule has 1 aromatic heterocycles. The van der Waals surface area contributed by atoms with E-state index in [1.807, 2.05) is 32.0 Å². The third-order valence-electron chi connectivity index (χ3n) is 6.35. The van der Waals surface area contributed by atoms with Crippen LogP contribution >= 0.6 is 0 Å². The van der Waals surface area contributed by atoms with E-state index in [-0.39, 0.29) is 34.9 Å². The Kier molecular flexibility index (Phi) is 8.06. The predicted octanol–water partition coefficient (Wildman–Crippen LogP) is 6.44. The van der Waals surface area contributed by atoms with Crippen molar-refractivity contribution in [2.75, 3.05) is 5.75 Å². The highest BCUT2D eigenvalue weighted by Crippen LogP contribution is 2.28. The van der Waals surface area contributed by atoms with Crippen LogP contribution in [-0.2, 0) is 22.8 Å². The molecule has 1 amide bonds. The second-order valence-electron chi connectivity index (χ2n) is 9.47. The summed E-state index contributed by atoms with van der Waals surface area (Å²) >= 11 is 0. The first-order valence-electron chi connectivity index (χ1n) is 12.4. The van der Waals surface area contributed by atoms with Gasteiger partial charge < -0.3 is 14.6 Å². The third-order valence-corrected chi connectivity index (χ3v) is 8.11. The summed E-state index contributed by atoms with van der Waals surface area (Å²) in [7, 11) is -3.28. The van der Waals surface area contributed by atoms with E-state index >= 15 is 0 Å². The molecule has 1 N–H and O–H groups in total. The van der Waals surface area contributed by atoms with Crippen LogP contribution in [0.3, 0.4) is 0 Å². The fourth-order valence-electron chi connectivity index (χ4n) is 4.46. The highest BCUT2D eigenvalue weighted by Gasteiger charge is 2.31. The number of aromatic nitrogens is 1. The Morgan fingerprint density at radius 1 is 0.949 bits per heavy atom. The van der Waals surface area contributed by atoms with Crippen molar-refractivity contribution in [1.29, 1.82) is 0 Å². The molecule has 0 aliphatic heterocycles. The first-order valence-corrected chi connectivity index (χ1v) is 14.1. The van der Waals surface area contributed by atoms with Gasteiger partial charge in [0.15, 0.2) is 9.84 Å². The molecular formula is C29H29F3N2O4S. The second kappa shape index (κ2) is 11.1. The average Bonchev–Trinajstić information content (AvgIpc) is 3.25. The number of nitrogens with one attached hydrogen (secondary N) is 1. The van der Waals surface area contributed by atoms with Crippen molar-refractivity contribution in [3.8, 4) is 5.75 Å². The molecular weight excluding hydrogens is 529 g/mol. The Morgan fingerprint density at radius 3 is 2.18 bits per heavy atom. The minimum absolute atomic E-state index is 0.0228. The molecule has 4 rings (SSSR count). The smallest absolute Gasteiger partial charge is 0.406 e. The number of nitrogens with zero attached hydrogens (tertiary/aromatic N) is 1. The van der Waals surface area contributed by atoms with E-state index in [1.165, 1.54) is 12.1 Å². The molecule has 0 radical (unpaired) electrons. The standard InChI is InChI=1S/C29H29F3N2O4S/c1-4-39(36,37)26-12-7-21(8-13-26)18-33-28(35)22-9-14-27-23(16-22)17-24(34(27)19(2)3)15-20-5-10-25(11-6-20)38-29(30,31)32/h5-14,16-17,19H,4,15,18H2,1-3H3,(H,33,35). The zero-order valence-electron chi connectivity index (χ0n) is 21.7. The van der Waals surface area contributed by atoms with Gasteiger partial charge in [0.1, 0.15) is 5.75 Å². The van der Waals surface area contributed by atoms with Crippen molar-refractivity contribution in [2.45, 2.75) is 51.0 Å². The van der Waals surface area contributed by atoms with Crippen LogP contribution in [0.4, 0.5) is 13.2 Å². The number of sulfone groups is 1. The highest BCUT2D eigenvalue weighted by atomic mass is 32.2. The number of carbonyl (C=O) groups excluding carboxylic acids is 1. The van der Waals surface area contributed by atoms with Gasteiger partial charge in [-0.05, 0) is 73.5 Å². The fraction of sp³-hybridized carbons (Fsp3) is 0.276. The number of ether oxygens (including phenoxy) is 1. The number of halogens is 3. The predicted molar refractivity (Wildman–Crippen MR) is 144 cm³/mol. The first-order chi connectivity index (χ1) is 18.4. The van der Waals surface area contributed by atoms with E-state index in [9.17, 15) is 26.4 Å². The van der Waals surface area contributed by atoms with Gasteiger partial charge in [-0.1, -0.05) is 31.2 Å². The van der Waals surface area contributed by atoms with Crippen LogP contribution < -0.4 is 10.1 Å². The number of hydrogen-bond acceptors (Lipinski definition) is 4. The van der Waals surface area contributed by atoms with Gasteiger partial charge in [0.05, 0.1) is 10.6 Å². The summed E-state index contributed by atoms with van der Waals surface area (Å²) < 4.78 is 67.5. The number of benzene rings is 3. The molecule has 0 aliphatic carbocycles. The lowest BCUT2D eigenvalue weighted by molar-refractivity contribution is -0.274. The van der Waals surface area contributed by atoms with Crippen molar-refractivity contribution in [3.05, 3.63) is 95.2 Å². The molecule has 10 heteroatoms. The van der Waals surface area contributed by atoms with E-state index in [0.717, 1.165) is 27.7 Å². The molecule has 0 saturated heterocycles. The van der Waals surface area contributed by atoms with Crippen LogP contribution in [0, 0.1) is 0 Å². The van der Waals surface area contributed by atoms with Crippen LogP contribution in [0.25, 0.3) is 10.9 Å². The summed E-state index contributed by atoms with van der Waals surface area (Å²) in [6.07, 6.45) is -4.25. The third kappa shape index (κ3) is 6.81. The summed E-state index contributed by atoms with van der Waals surface area (Å²) in [5, 5.41) is 3.74. The highest BCUT2D eigenvalue weighted by molar-refractivity contribution is 7.91. The number of alkyl halides is 3. The Labute approximate surface area is 225 Å². The van der Waals surface area contributed by atoms with Crippen LogP contribution in [0.1, 0.15) is 54.0 Å². The van der Waals surface area contributed by atoms with Gasteiger partial charge in [-0.25, -0.2) is 8.42 Å². The van der Waals surface area contributed by atoms with E-state index < -0.39 is 16.2 Å². The van der Waals surface area contributed by atoms with Crippen molar-refractivity contribution in [2.24, 2.45) is 0 Å². The topological polar surface area (TPSA) is 77.4 Å². The lowest BCUT2D eigenvalue weighted by Crippen LogP contribution is -2.22. The fourth-order valence-corrected chi connectivity index (χ4v) is 5.35. The number of amides is 1. The number of hydrogen-bond donors (Lipinski definition) is 1. The average molecular weight is 559 g/mol. The molecule has 0 saturated carbocycles. The summed E-state index contributed by atoms with van der Waals surface area (Å²) in [6.45, 7) is 5.92. The minimum Gasteiger partial charge on any atom is -0.406 e. The Hall–Kier alpha value is -3.79. The van der Waals surface area contributed by atoms with Crippen LogP contribution in [0.2, 0.25) is 0 Å². The summed E-state index contributed by atoms with van der Waals surface area (Å²) in [6, 6.07) is 19.8. The molecule has 0 unspecified atom stereocenters. The summed E-state index contributed by atoms with van der Waals surface area (Å²) in [5.41, 5.74) is 3.99. The molecule has 6 nitrogen and oxygen atoms in total. The van der Waals surface area contributed by atoms with Gasteiger partial charge >= 0.3 is 6.36 Å². The lowest BCUT2D eigenvalue weighted by Gasteiger charge is -2.15. The maximum Gasteiger partial charge on any atom is 0.573 e. The van der Waals surface area contributed by atoms with Gasteiger partial charge in [-0.15, -0.1) is 13.2 Å². The maximum atomic E-state index is 12.9. The van der Waals surface area contributed by atoms with E-state index in [0.29, 0.717) is 12.0 Å². The van der Waals surface area contributed by atoms with Crippen LogP contribution in [0.5, 0.6) is 5.75 Å². The van der Waals surface area contributed by atoms with Crippen LogP contribution in [-0.4, -0.2) is 31.0 Å². The van der Waals surface area contributed by atoms with Gasteiger partial charge in [0, 0.05) is 41.2 Å². The minimum atomic E-state index is -4.74. The zero-order valence-corrected chi connectivity index (χ0v) is 22.6. The Balaban J connectivity index is 1.50. The number of fused-ring (bicyclic) bond motifs is 1. The number of carbonyl (C=O) groups is 1. The quantitative estimate of drug-likeness (QED) is 0.257. The van der Waals surface area contributed by atoms with Crippen molar-refractivity contribution in [1.82, 2.24) is 9.88 Å². The molecule has 4 aromatic rings. The first kappa shape index (κ1) is 28.2. The molecule has 1 heterocycles. The van der Waals surface area contributed by atoms with E-state index in [2.05, 4.69) is 14.6 Å². The van der Waals surface area contributed by atoms with E-state index in [4.69, 9.17) is 0 Å². The van der Waals surface area contributed by atoms with Crippen molar-refractivity contribution >= 4 is 26.6 Å². The largest absolute Gasteiger partial charge is 0.573 e. The molecule has 39 heavy (non-hydrogen) atoms. The van der Waals surface area contributed by atoms with Crippen LogP contribution in [0.15, 0.2) is 77.7 Å². The maximum absolute atomic E-state index is 12.9. The Bertz CT molecular complexity index is 1570. The van der Waals surface area contributed by atoms with Gasteiger partial charge in [0.25, 0.3) is 5.91 Å². The van der Waals surface area contributed by atoms with Gasteiger partial charge in [0.2, 0.25) is 0 Å². The summed E-state index contributed by atoms with van der Waals surface area (Å²) in [5.74, 6) is -0.510. The van der Waals surface area contributed by atoms with E-state index in [1.54, 1.807) is 49.4 Å². The monoisotopic (exact) mass is 558 g/mol. The molecule has 0 fully saturated rings. The molecule has 0 aliphatic rings. The van der Waals surface area contributed by atoms with Crippen molar-refractivity contribution < 1.29 is 31.1 Å². The molecule has 0 spiro atoms. The van der Waals surface area contributed by atoms with Gasteiger partial charge in [-0.2, -0.15) is 0 Å². The molecule has 3 aromatic carbocycles. The zero-order chi connectivity index (χ0) is 28.4. The normalized spacial score (nSPS) is 12.2. The lowest BCUT2D eigenvalue weighted by atomic mass is 10.1. The molecule has 0 atom stereocenters. The molecule has 206 valence electrons. The Morgan fingerprint density at radius 2 is 1.59 bits per heavy atom. The van der Waals surface area contributed by atoms with Gasteiger partial charge in [-0.3, -0.25) is 4.79 Å². The second-order valence-corrected chi connectivity index (χ2v) is 11.7. The number of rotatable bonds is 9. The SMILES string of the molecule is CCS(=O)(=O)c1ccc(CNC(=O)c2ccc3c(c2)cc(Cc2ccc(OC(F)(F)F)cc2)n3C(C)C)cc1. The summed E-state index contributed by atoms with van der Waals surface area (Å²) in [4.78, 5) is 13.1. The van der Waals surface area contributed by atoms with Crippen molar-refractivity contribution in [3.63, 3.8) is 0 Å².